The standard InChI is InChI=1S/C17H34N2O/c1-2-3-4-5-6-7-8-9-10-13-16(19-18)17-14-11-12-15-20-17/h14,16,19H,2-13,15,18H2,1H3. The Kier molecular flexibility index (Phi) is 10.7. The van der Waals surface area contributed by atoms with Crippen LogP contribution >= 0.6 is 0 Å². The molecule has 3 nitrogen and oxygen atoms in total. The van der Waals surface area contributed by atoms with E-state index in [1.165, 1.54) is 57.8 Å². The Balaban J connectivity index is 1.97. The molecular weight excluding hydrogens is 248 g/mol. The molecule has 0 saturated carbocycles. The van der Waals surface area contributed by atoms with Gasteiger partial charge in [-0.15, -0.1) is 0 Å². The Labute approximate surface area is 125 Å². The topological polar surface area (TPSA) is 47.3 Å². The van der Waals surface area contributed by atoms with E-state index in [1.807, 2.05) is 0 Å². The van der Waals surface area contributed by atoms with E-state index in [0.29, 0.717) is 0 Å². The lowest BCUT2D eigenvalue weighted by molar-refractivity contribution is 0.164. The highest BCUT2D eigenvalue weighted by Gasteiger charge is 2.15. The highest BCUT2D eigenvalue weighted by Crippen LogP contribution is 2.18. The van der Waals surface area contributed by atoms with Crippen LogP contribution in [0.5, 0.6) is 0 Å². The Hall–Kier alpha value is -0.540. The first kappa shape index (κ1) is 17.5. The van der Waals surface area contributed by atoms with Crippen LogP contribution in [0.25, 0.3) is 0 Å². The van der Waals surface area contributed by atoms with E-state index >= 15 is 0 Å². The predicted molar refractivity (Wildman–Crippen MR) is 86.2 cm³/mol. The average molecular weight is 282 g/mol. The van der Waals surface area contributed by atoms with Gasteiger partial charge >= 0.3 is 0 Å². The fraction of sp³-hybridized carbons (Fsp3) is 0.882. The van der Waals surface area contributed by atoms with Crippen LogP contribution in [0.3, 0.4) is 0 Å². The molecule has 0 bridgehead atoms. The van der Waals surface area contributed by atoms with Crippen molar-refractivity contribution in [1.82, 2.24) is 5.43 Å². The largest absolute Gasteiger partial charge is 0.497 e. The van der Waals surface area contributed by atoms with E-state index in [-0.39, 0.29) is 6.04 Å². The van der Waals surface area contributed by atoms with Gasteiger partial charge in [0.05, 0.1) is 12.6 Å². The van der Waals surface area contributed by atoms with Gasteiger partial charge in [-0.25, -0.2) is 5.43 Å². The normalized spacial score (nSPS) is 16.6. The fourth-order valence-electron chi connectivity index (χ4n) is 2.79. The Bertz CT molecular complexity index is 253. The number of allylic oxidation sites excluding steroid dienone is 1. The van der Waals surface area contributed by atoms with Gasteiger partial charge in [0.25, 0.3) is 0 Å². The molecule has 0 saturated heterocycles. The van der Waals surface area contributed by atoms with Gasteiger partial charge in [0.2, 0.25) is 0 Å². The van der Waals surface area contributed by atoms with E-state index < -0.39 is 0 Å². The number of hydrazine groups is 1. The highest BCUT2D eigenvalue weighted by atomic mass is 16.5. The van der Waals surface area contributed by atoms with Crippen LogP contribution in [0.4, 0.5) is 0 Å². The summed E-state index contributed by atoms with van der Waals surface area (Å²) in [5, 5.41) is 0. The SMILES string of the molecule is CCCCCCCCCCCC(NN)C1=CCCCO1. The second kappa shape index (κ2) is 12.2. The Morgan fingerprint density at radius 2 is 1.75 bits per heavy atom. The molecular formula is C17H34N2O. The van der Waals surface area contributed by atoms with Crippen LogP contribution in [0, 0.1) is 0 Å². The van der Waals surface area contributed by atoms with Crippen molar-refractivity contribution in [2.75, 3.05) is 6.61 Å². The number of nitrogens with one attached hydrogen (secondary N) is 1. The molecule has 0 aliphatic carbocycles. The molecule has 1 atom stereocenters. The molecule has 0 aromatic carbocycles. The van der Waals surface area contributed by atoms with E-state index in [9.17, 15) is 0 Å². The predicted octanol–water partition coefficient (Wildman–Crippen LogP) is 4.43. The zero-order valence-electron chi connectivity index (χ0n) is 13.3. The molecule has 0 aromatic rings. The van der Waals surface area contributed by atoms with E-state index in [2.05, 4.69) is 18.4 Å². The van der Waals surface area contributed by atoms with Crippen LogP contribution < -0.4 is 11.3 Å². The van der Waals surface area contributed by atoms with Crippen molar-refractivity contribution in [2.45, 2.75) is 90.0 Å². The third-order valence-electron chi connectivity index (χ3n) is 4.10. The molecule has 0 radical (unpaired) electrons. The first-order valence-corrected chi connectivity index (χ1v) is 8.67. The zero-order valence-corrected chi connectivity index (χ0v) is 13.3. The molecule has 3 N–H and O–H groups in total. The van der Waals surface area contributed by atoms with Crippen molar-refractivity contribution in [1.29, 1.82) is 0 Å². The number of hydrogen-bond donors (Lipinski definition) is 2. The van der Waals surface area contributed by atoms with E-state index in [1.54, 1.807) is 0 Å². The van der Waals surface area contributed by atoms with Crippen LogP contribution in [0.1, 0.15) is 84.0 Å². The summed E-state index contributed by atoms with van der Waals surface area (Å²) in [6.45, 7) is 3.12. The molecule has 1 unspecified atom stereocenters. The number of rotatable bonds is 12. The minimum absolute atomic E-state index is 0.222. The molecule has 1 rings (SSSR count). The molecule has 1 aliphatic rings. The first-order chi connectivity index (χ1) is 9.88. The third-order valence-corrected chi connectivity index (χ3v) is 4.10. The van der Waals surface area contributed by atoms with Gasteiger partial charge in [-0.3, -0.25) is 5.84 Å². The van der Waals surface area contributed by atoms with Gasteiger partial charge in [0.1, 0.15) is 5.76 Å². The average Bonchev–Trinajstić information content (AvgIpc) is 2.50. The molecule has 0 amide bonds. The molecule has 3 heteroatoms. The number of unbranched alkanes of at least 4 members (excludes halogenated alkanes) is 8. The van der Waals surface area contributed by atoms with E-state index in [0.717, 1.165) is 31.6 Å². The molecule has 20 heavy (non-hydrogen) atoms. The van der Waals surface area contributed by atoms with E-state index in [4.69, 9.17) is 10.6 Å². The second-order valence-corrected chi connectivity index (χ2v) is 5.93. The maximum Gasteiger partial charge on any atom is 0.110 e. The van der Waals surface area contributed by atoms with Crippen molar-refractivity contribution in [3.63, 3.8) is 0 Å². The van der Waals surface area contributed by atoms with Gasteiger partial charge in [0, 0.05) is 0 Å². The maximum absolute atomic E-state index is 5.68. The van der Waals surface area contributed by atoms with Gasteiger partial charge < -0.3 is 4.74 Å². The van der Waals surface area contributed by atoms with Crippen molar-refractivity contribution >= 4 is 0 Å². The van der Waals surface area contributed by atoms with Gasteiger partial charge in [-0.1, -0.05) is 64.7 Å². The lowest BCUT2D eigenvalue weighted by Crippen LogP contribution is -2.38. The summed E-state index contributed by atoms with van der Waals surface area (Å²) >= 11 is 0. The monoisotopic (exact) mass is 282 g/mol. The number of ether oxygens (including phenoxy) is 1. The molecule has 0 spiro atoms. The van der Waals surface area contributed by atoms with Crippen molar-refractivity contribution in [2.24, 2.45) is 5.84 Å². The molecule has 0 fully saturated rings. The van der Waals surface area contributed by atoms with Crippen molar-refractivity contribution in [3.8, 4) is 0 Å². The smallest absolute Gasteiger partial charge is 0.110 e. The number of hydrogen-bond acceptors (Lipinski definition) is 3. The lowest BCUT2D eigenvalue weighted by Gasteiger charge is -2.23. The van der Waals surface area contributed by atoms with Crippen LogP contribution in [-0.4, -0.2) is 12.6 Å². The number of nitrogens with two attached hydrogens (primary N) is 1. The Morgan fingerprint density at radius 1 is 1.10 bits per heavy atom. The third kappa shape index (κ3) is 7.91. The quantitative estimate of drug-likeness (QED) is 0.316. The fourth-order valence-corrected chi connectivity index (χ4v) is 2.79. The summed E-state index contributed by atoms with van der Waals surface area (Å²) in [6, 6.07) is 0.222. The van der Waals surface area contributed by atoms with Gasteiger partial charge in [-0.2, -0.15) is 0 Å². The summed E-state index contributed by atoms with van der Waals surface area (Å²) < 4.78 is 5.68. The minimum atomic E-state index is 0.222. The van der Waals surface area contributed by atoms with Crippen LogP contribution in [0.2, 0.25) is 0 Å². The van der Waals surface area contributed by atoms with Gasteiger partial charge in [-0.05, 0) is 25.3 Å². The maximum atomic E-state index is 5.68. The van der Waals surface area contributed by atoms with Crippen LogP contribution in [0.15, 0.2) is 11.8 Å². The summed E-state index contributed by atoms with van der Waals surface area (Å²) in [7, 11) is 0. The first-order valence-electron chi connectivity index (χ1n) is 8.67. The minimum Gasteiger partial charge on any atom is -0.497 e. The molecule has 0 aromatic heterocycles. The Morgan fingerprint density at radius 3 is 2.30 bits per heavy atom. The van der Waals surface area contributed by atoms with Crippen LogP contribution in [-0.2, 0) is 4.74 Å². The summed E-state index contributed by atoms with van der Waals surface area (Å²) in [5.74, 6) is 6.71. The molecule has 118 valence electrons. The zero-order chi connectivity index (χ0) is 14.5. The summed E-state index contributed by atoms with van der Waals surface area (Å²) in [4.78, 5) is 0. The van der Waals surface area contributed by atoms with Crippen molar-refractivity contribution in [3.05, 3.63) is 11.8 Å². The molecule has 1 aliphatic heterocycles. The highest BCUT2D eigenvalue weighted by molar-refractivity contribution is 5.04. The molecule has 1 heterocycles. The summed E-state index contributed by atoms with van der Waals surface area (Å²) in [6.07, 6.45) is 17.9. The second-order valence-electron chi connectivity index (χ2n) is 5.93. The van der Waals surface area contributed by atoms with Crippen molar-refractivity contribution < 1.29 is 4.74 Å². The lowest BCUT2D eigenvalue weighted by atomic mass is 10.0. The summed E-state index contributed by atoms with van der Waals surface area (Å²) in [5.41, 5.74) is 2.90. The van der Waals surface area contributed by atoms with Gasteiger partial charge in [0.15, 0.2) is 0 Å².